The molecule has 1 saturated heterocycles. The number of rotatable bonds is 3. The second-order valence-corrected chi connectivity index (χ2v) is 10.5. The van der Waals surface area contributed by atoms with E-state index in [1.54, 1.807) is 13.8 Å². The molecule has 1 atom stereocenters. The summed E-state index contributed by atoms with van der Waals surface area (Å²) < 4.78 is 33.8. The highest BCUT2D eigenvalue weighted by Crippen LogP contribution is 2.33. The first-order chi connectivity index (χ1) is 13.8. The summed E-state index contributed by atoms with van der Waals surface area (Å²) >= 11 is 3.49. The third-order valence-electron chi connectivity index (χ3n) is 5.73. The van der Waals surface area contributed by atoms with Crippen molar-refractivity contribution in [1.29, 1.82) is 0 Å². The Morgan fingerprint density at radius 2 is 2.03 bits per heavy atom. The molecular formula is C20H24BrN3O4S. The quantitative estimate of drug-likeness (QED) is 0.670. The van der Waals surface area contributed by atoms with Crippen LogP contribution in [-0.2, 0) is 21.2 Å². The molecule has 1 fully saturated rings. The summed E-state index contributed by atoms with van der Waals surface area (Å²) in [4.78, 5) is 15.3. The molecule has 1 aromatic heterocycles. The van der Waals surface area contributed by atoms with Crippen LogP contribution >= 0.6 is 15.9 Å². The van der Waals surface area contributed by atoms with Gasteiger partial charge in [0.15, 0.2) is 5.76 Å². The van der Waals surface area contributed by atoms with Crippen molar-refractivity contribution >= 4 is 37.5 Å². The fourth-order valence-corrected chi connectivity index (χ4v) is 6.57. The summed E-state index contributed by atoms with van der Waals surface area (Å²) in [6, 6.07) is 5.97. The predicted octanol–water partition coefficient (Wildman–Crippen LogP) is 3.43. The number of anilines is 1. The highest BCUT2D eigenvalue weighted by Gasteiger charge is 2.38. The Morgan fingerprint density at radius 3 is 2.76 bits per heavy atom. The Morgan fingerprint density at radius 1 is 1.24 bits per heavy atom. The SMILES string of the molecule is Cc1noc(C)c1S(=O)(=O)N1CCCC(C(=O)N2CCCc3cc(Br)ccc32)C1. The standard InChI is InChI=1S/C20H24BrN3O4S/c1-13-19(14(2)28-22-13)29(26,27)23-9-3-6-16(12-23)20(25)24-10-4-5-15-11-17(21)7-8-18(15)24/h7-8,11,16H,3-6,9-10,12H2,1-2H3. The van der Waals surface area contributed by atoms with Gasteiger partial charge in [0.1, 0.15) is 10.6 Å². The molecule has 2 aliphatic rings. The van der Waals surface area contributed by atoms with E-state index >= 15 is 0 Å². The lowest BCUT2D eigenvalue weighted by atomic mass is 9.95. The lowest BCUT2D eigenvalue weighted by Gasteiger charge is -2.36. The molecule has 29 heavy (non-hydrogen) atoms. The first kappa shape index (κ1) is 20.6. The molecule has 9 heteroatoms. The van der Waals surface area contributed by atoms with E-state index in [0.717, 1.165) is 28.6 Å². The molecule has 1 amide bonds. The molecule has 2 aliphatic heterocycles. The van der Waals surface area contributed by atoms with Gasteiger partial charge in [-0.25, -0.2) is 8.42 Å². The van der Waals surface area contributed by atoms with Gasteiger partial charge in [0.25, 0.3) is 0 Å². The van der Waals surface area contributed by atoms with Gasteiger partial charge >= 0.3 is 0 Å². The van der Waals surface area contributed by atoms with Crippen molar-refractivity contribution in [3.05, 3.63) is 39.7 Å². The number of fused-ring (bicyclic) bond motifs is 1. The van der Waals surface area contributed by atoms with Crippen LogP contribution in [-0.4, -0.2) is 43.4 Å². The fourth-order valence-electron chi connectivity index (χ4n) is 4.35. The van der Waals surface area contributed by atoms with Gasteiger partial charge in [-0.1, -0.05) is 21.1 Å². The summed E-state index contributed by atoms with van der Waals surface area (Å²) in [6.45, 7) is 4.48. The van der Waals surface area contributed by atoms with Gasteiger partial charge in [-0.05, 0) is 63.3 Å². The van der Waals surface area contributed by atoms with Crippen molar-refractivity contribution in [2.24, 2.45) is 5.92 Å². The number of carbonyl (C=O) groups is 1. The fraction of sp³-hybridized carbons (Fsp3) is 0.500. The molecule has 7 nitrogen and oxygen atoms in total. The smallest absolute Gasteiger partial charge is 0.248 e. The van der Waals surface area contributed by atoms with E-state index < -0.39 is 10.0 Å². The van der Waals surface area contributed by atoms with Crippen molar-refractivity contribution in [2.75, 3.05) is 24.5 Å². The minimum atomic E-state index is -3.74. The number of hydrogen-bond donors (Lipinski definition) is 0. The molecule has 1 unspecified atom stereocenters. The number of aromatic nitrogens is 1. The Labute approximate surface area is 179 Å². The van der Waals surface area contributed by atoms with Gasteiger partial charge in [-0.15, -0.1) is 0 Å². The normalized spacial score (nSPS) is 20.5. The molecule has 4 rings (SSSR count). The monoisotopic (exact) mass is 481 g/mol. The zero-order valence-electron chi connectivity index (χ0n) is 16.5. The van der Waals surface area contributed by atoms with Crippen molar-refractivity contribution in [2.45, 2.75) is 44.4 Å². The van der Waals surface area contributed by atoms with E-state index in [9.17, 15) is 13.2 Å². The number of benzene rings is 1. The van der Waals surface area contributed by atoms with Crippen LogP contribution in [0.3, 0.4) is 0 Å². The molecule has 0 aliphatic carbocycles. The van der Waals surface area contributed by atoms with Crippen molar-refractivity contribution in [3.63, 3.8) is 0 Å². The van der Waals surface area contributed by atoms with E-state index in [-0.39, 0.29) is 29.0 Å². The Balaban J connectivity index is 1.58. The number of nitrogens with zero attached hydrogens (tertiary/aromatic N) is 3. The van der Waals surface area contributed by atoms with Crippen LogP contribution in [0, 0.1) is 19.8 Å². The number of piperidine rings is 1. The van der Waals surface area contributed by atoms with E-state index in [4.69, 9.17) is 4.52 Å². The van der Waals surface area contributed by atoms with Crippen LogP contribution < -0.4 is 4.90 Å². The first-order valence-electron chi connectivity index (χ1n) is 9.82. The molecule has 0 spiro atoms. The van der Waals surface area contributed by atoms with Crippen LogP contribution in [0.25, 0.3) is 0 Å². The number of halogens is 1. The average molecular weight is 482 g/mol. The van der Waals surface area contributed by atoms with Crippen molar-refractivity contribution in [3.8, 4) is 0 Å². The maximum atomic E-state index is 13.4. The number of aryl methyl sites for hydroxylation is 3. The summed E-state index contributed by atoms with van der Waals surface area (Å²) in [5, 5.41) is 3.78. The number of sulfonamides is 1. The summed E-state index contributed by atoms with van der Waals surface area (Å²) in [5.41, 5.74) is 2.44. The topological polar surface area (TPSA) is 83.7 Å². The summed E-state index contributed by atoms with van der Waals surface area (Å²) in [7, 11) is -3.74. The lowest BCUT2D eigenvalue weighted by molar-refractivity contribution is -0.123. The van der Waals surface area contributed by atoms with Crippen LogP contribution in [0.1, 0.15) is 36.3 Å². The Kier molecular flexibility index (Phi) is 5.56. The third-order valence-corrected chi connectivity index (χ3v) is 8.33. The molecule has 0 saturated carbocycles. The molecule has 0 bridgehead atoms. The highest BCUT2D eigenvalue weighted by molar-refractivity contribution is 9.10. The van der Waals surface area contributed by atoms with Gasteiger partial charge in [0.2, 0.25) is 15.9 Å². The predicted molar refractivity (Wildman–Crippen MR) is 112 cm³/mol. The Hall–Kier alpha value is -1.71. The zero-order valence-corrected chi connectivity index (χ0v) is 18.9. The van der Waals surface area contributed by atoms with Crippen LogP contribution in [0.5, 0.6) is 0 Å². The number of amides is 1. The van der Waals surface area contributed by atoms with Gasteiger partial charge in [-0.3, -0.25) is 4.79 Å². The number of hydrogen-bond acceptors (Lipinski definition) is 5. The molecule has 2 aromatic rings. The van der Waals surface area contributed by atoms with E-state index in [2.05, 4.69) is 27.2 Å². The van der Waals surface area contributed by atoms with E-state index in [1.807, 2.05) is 17.0 Å². The summed E-state index contributed by atoms with van der Waals surface area (Å²) in [5.74, 6) is -0.0629. The molecule has 1 aromatic carbocycles. The molecule has 0 N–H and O–H groups in total. The van der Waals surface area contributed by atoms with Gasteiger partial charge in [0.05, 0.1) is 5.92 Å². The first-order valence-corrected chi connectivity index (χ1v) is 12.0. The Bertz CT molecular complexity index is 1030. The summed E-state index contributed by atoms with van der Waals surface area (Å²) in [6.07, 6.45) is 3.19. The van der Waals surface area contributed by atoms with Gasteiger partial charge in [0, 0.05) is 29.8 Å². The maximum Gasteiger partial charge on any atom is 0.248 e. The lowest BCUT2D eigenvalue weighted by Crippen LogP contribution is -2.48. The van der Waals surface area contributed by atoms with Crippen molar-refractivity contribution < 1.29 is 17.7 Å². The molecule has 3 heterocycles. The highest BCUT2D eigenvalue weighted by atomic mass is 79.9. The van der Waals surface area contributed by atoms with Crippen LogP contribution in [0.15, 0.2) is 32.1 Å². The van der Waals surface area contributed by atoms with Crippen LogP contribution in [0.2, 0.25) is 0 Å². The second-order valence-electron chi connectivity index (χ2n) is 7.72. The van der Waals surface area contributed by atoms with E-state index in [0.29, 0.717) is 31.6 Å². The number of carbonyl (C=O) groups excluding carboxylic acids is 1. The maximum absolute atomic E-state index is 13.4. The molecule has 0 radical (unpaired) electrons. The average Bonchev–Trinajstić information content (AvgIpc) is 3.05. The molecule has 156 valence electrons. The minimum Gasteiger partial charge on any atom is -0.360 e. The van der Waals surface area contributed by atoms with E-state index in [1.165, 1.54) is 4.31 Å². The molecular weight excluding hydrogens is 458 g/mol. The third kappa shape index (κ3) is 3.75. The zero-order chi connectivity index (χ0) is 20.8. The van der Waals surface area contributed by atoms with Gasteiger partial charge < -0.3 is 9.42 Å². The second kappa shape index (κ2) is 7.85. The van der Waals surface area contributed by atoms with Crippen molar-refractivity contribution in [1.82, 2.24) is 9.46 Å². The van der Waals surface area contributed by atoms with Crippen LogP contribution in [0.4, 0.5) is 5.69 Å². The van der Waals surface area contributed by atoms with Gasteiger partial charge in [-0.2, -0.15) is 4.31 Å². The largest absolute Gasteiger partial charge is 0.360 e. The minimum absolute atomic E-state index is 0.00642.